The normalized spacial score (nSPS) is 12.6. The van der Waals surface area contributed by atoms with Gasteiger partial charge in [0, 0.05) is 17.1 Å². The summed E-state index contributed by atoms with van der Waals surface area (Å²) in [4.78, 5) is 15.0. The first-order valence-corrected chi connectivity index (χ1v) is 6.29. The molecule has 0 bridgehead atoms. The van der Waals surface area contributed by atoms with Crippen LogP contribution in [-0.4, -0.2) is 22.4 Å². The molecule has 0 aliphatic carbocycles. The molecule has 0 aliphatic heterocycles. The van der Waals surface area contributed by atoms with E-state index >= 15 is 0 Å². The molecule has 0 heterocycles. The molecule has 96 valence electrons. The van der Waals surface area contributed by atoms with Gasteiger partial charge in [-0.2, -0.15) is 0 Å². The van der Waals surface area contributed by atoms with Crippen molar-refractivity contribution in [1.82, 2.24) is 0 Å². The molecule has 0 unspecified atom stereocenters. The summed E-state index contributed by atoms with van der Waals surface area (Å²) in [5.41, 5.74) is 0.459. The van der Waals surface area contributed by atoms with Crippen LogP contribution in [0, 0.1) is 0 Å². The first kappa shape index (κ1) is 14.4. The first-order chi connectivity index (χ1) is 8.54. The highest BCUT2D eigenvalue weighted by atomic mass is 79.9. The van der Waals surface area contributed by atoms with Gasteiger partial charge in [0.05, 0.1) is 5.69 Å². The minimum atomic E-state index is -1.18. The lowest BCUT2D eigenvalue weighted by molar-refractivity contribution is -0.132. The number of aliphatic imine (C=N–C) groups is 1. The van der Waals surface area contributed by atoms with Gasteiger partial charge < -0.3 is 10.2 Å². The van der Waals surface area contributed by atoms with E-state index in [4.69, 9.17) is 5.11 Å². The van der Waals surface area contributed by atoms with Crippen LogP contribution >= 0.6 is 15.9 Å². The number of allylic oxidation sites excluding steroid dienone is 1. The molecule has 18 heavy (non-hydrogen) atoms. The highest BCUT2D eigenvalue weighted by Gasteiger charge is 2.10. The van der Waals surface area contributed by atoms with Crippen molar-refractivity contribution in [3.63, 3.8) is 0 Å². The minimum Gasteiger partial charge on any atom is -0.511 e. The lowest BCUT2D eigenvalue weighted by Gasteiger charge is -2.01. The van der Waals surface area contributed by atoms with Gasteiger partial charge in [0.25, 0.3) is 0 Å². The van der Waals surface area contributed by atoms with E-state index in [2.05, 4.69) is 20.9 Å². The van der Waals surface area contributed by atoms with Crippen LogP contribution in [0.15, 0.2) is 45.1 Å². The molecule has 0 atom stereocenters. The number of aliphatic carboxylic acids is 1. The van der Waals surface area contributed by atoms with Gasteiger partial charge in [0.15, 0.2) is 0 Å². The molecule has 1 aromatic carbocycles. The van der Waals surface area contributed by atoms with Crippen molar-refractivity contribution in [2.75, 3.05) is 0 Å². The van der Waals surface area contributed by atoms with Crippen molar-refractivity contribution in [1.29, 1.82) is 0 Å². The summed E-state index contributed by atoms with van der Waals surface area (Å²) in [6.07, 6.45) is 2.18. The number of halogens is 1. The van der Waals surface area contributed by atoms with Crippen molar-refractivity contribution in [3.05, 3.63) is 40.1 Å². The Bertz CT molecular complexity index is 478. The van der Waals surface area contributed by atoms with Gasteiger partial charge in [-0.3, -0.25) is 4.99 Å². The maximum absolute atomic E-state index is 11.0. The zero-order chi connectivity index (χ0) is 13.5. The lowest BCUT2D eigenvalue weighted by atomic mass is 10.2. The van der Waals surface area contributed by atoms with E-state index in [9.17, 15) is 9.90 Å². The first-order valence-electron chi connectivity index (χ1n) is 5.49. The molecular weight excluding hydrogens is 298 g/mol. The second-order valence-corrected chi connectivity index (χ2v) is 4.57. The number of benzene rings is 1. The third kappa shape index (κ3) is 4.33. The van der Waals surface area contributed by atoms with Gasteiger partial charge in [0.2, 0.25) is 0 Å². The second-order valence-electron chi connectivity index (χ2n) is 3.65. The Hall–Kier alpha value is -1.62. The van der Waals surface area contributed by atoms with Crippen molar-refractivity contribution in [2.45, 2.75) is 19.8 Å². The monoisotopic (exact) mass is 311 g/mol. The Morgan fingerprint density at radius 3 is 2.44 bits per heavy atom. The molecule has 0 aliphatic rings. The number of hydrogen-bond acceptors (Lipinski definition) is 3. The summed E-state index contributed by atoms with van der Waals surface area (Å²) < 4.78 is 0.921. The maximum Gasteiger partial charge on any atom is 0.340 e. The van der Waals surface area contributed by atoms with Crippen LogP contribution < -0.4 is 0 Å². The zero-order valence-corrected chi connectivity index (χ0v) is 11.5. The SMILES string of the molecule is CCCC(O)=C(C=Nc1ccc(Br)cc1)C(=O)O. The average molecular weight is 312 g/mol. The Labute approximate surface area is 114 Å². The molecule has 1 aromatic rings. The third-order valence-corrected chi connectivity index (χ3v) is 2.73. The summed E-state index contributed by atoms with van der Waals surface area (Å²) in [5, 5.41) is 18.6. The highest BCUT2D eigenvalue weighted by Crippen LogP contribution is 2.17. The maximum atomic E-state index is 11.0. The van der Waals surface area contributed by atoms with Crippen LogP contribution in [0.2, 0.25) is 0 Å². The summed E-state index contributed by atoms with van der Waals surface area (Å²) in [6.45, 7) is 1.86. The van der Waals surface area contributed by atoms with Crippen LogP contribution in [0.25, 0.3) is 0 Å². The molecule has 0 saturated heterocycles. The number of carboxylic acid groups (broad SMARTS) is 1. The summed E-state index contributed by atoms with van der Waals surface area (Å²) >= 11 is 3.30. The highest BCUT2D eigenvalue weighted by molar-refractivity contribution is 9.10. The molecule has 0 amide bonds. The average Bonchev–Trinajstić information content (AvgIpc) is 2.31. The quantitative estimate of drug-likeness (QED) is 0.493. The predicted octanol–water partition coefficient (Wildman–Crippen LogP) is 3.85. The summed E-state index contributed by atoms with van der Waals surface area (Å²) in [7, 11) is 0. The zero-order valence-electron chi connectivity index (χ0n) is 9.93. The van der Waals surface area contributed by atoms with Gasteiger partial charge in [-0.25, -0.2) is 4.79 Å². The van der Waals surface area contributed by atoms with E-state index in [1.165, 1.54) is 6.21 Å². The number of carboxylic acids is 1. The molecule has 1 rings (SSSR count). The third-order valence-electron chi connectivity index (χ3n) is 2.20. The largest absolute Gasteiger partial charge is 0.511 e. The predicted molar refractivity (Wildman–Crippen MR) is 74.5 cm³/mol. The van der Waals surface area contributed by atoms with Crippen molar-refractivity contribution >= 4 is 33.8 Å². The molecular formula is C13H14BrNO3. The minimum absolute atomic E-state index is 0.147. The standard InChI is InChI=1S/C13H14BrNO3/c1-2-3-12(16)11(13(17)18)8-15-10-6-4-9(14)5-7-10/h4-8,16H,2-3H2,1H3,(H,17,18). The van der Waals surface area contributed by atoms with Crippen LogP contribution in [0.4, 0.5) is 5.69 Å². The van der Waals surface area contributed by atoms with Crippen molar-refractivity contribution < 1.29 is 15.0 Å². The number of nitrogens with zero attached hydrogens (tertiary/aromatic N) is 1. The van der Waals surface area contributed by atoms with Gasteiger partial charge in [-0.1, -0.05) is 22.9 Å². The number of aliphatic hydroxyl groups excluding tert-OH is 1. The smallest absolute Gasteiger partial charge is 0.340 e. The van der Waals surface area contributed by atoms with Gasteiger partial charge in [-0.05, 0) is 30.7 Å². The molecule has 0 radical (unpaired) electrons. The van der Waals surface area contributed by atoms with E-state index in [1.54, 1.807) is 12.1 Å². The lowest BCUT2D eigenvalue weighted by Crippen LogP contribution is -2.06. The molecule has 5 heteroatoms. The number of carbonyl (C=O) groups is 1. The molecule has 0 aromatic heterocycles. The van der Waals surface area contributed by atoms with Crippen molar-refractivity contribution in [2.24, 2.45) is 4.99 Å². The van der Waals surface area contributed by atoms with E-state index in [0.717, 1.165) is 4.47 Å². The Morgan fingerprint density at radius 2 is 1.94 bits per heavy atom. The van der Waals surface area contributed by atoms with Crippen LogP contribution in [0.3, 0.4) is 0 Å². The molecule has 2 N–H and O–H groups in total. The fourth-order valence-corrected chi connectivity index (χ4v) is 1.56. The van der Waals surface area contributed by atoms with E-state index in [0.29, 0.717) is 18.5 Å². The molecule has 4 nitrogen and oxygen atoms in total. The number of hydrogen-bond donors (Lipinski definition) is 2. The number of rotatable bonds is 5. The van der Waals surface area contributed by atoms with Gasteiger partial charge in [-0.15, -0.1) is 0 Å². The Kier molecular flexibility index (Phi) is 5.58. The second kappa shape index (κ2) is 6.96. The van der Waals surface area contributed by atoms with E-state index in [1.807, 2.05) is 19.1 Å². The topological polar surface area (TPSA) is 69.9 Å². The summed E-state index contributed by atoms with van der Waals surface area (Å²) in [5.74, 6) is -1.33. The van der Waals surface area contributed by atoms with E-state index in [-0.39, 0.29) is 11.3 Å². The van der Waals surface area contributed by atoms with Crippen LogP contribution in [0.5, 0.6) is 0 Å². The van der Waals surface area contributed by atoms with Gasteiger partial charge >= 0.3 is 5.97 Å². The van der Waals surface area contributed by atoms with E-state index < -0.39 is 5.97 Å². The number of aliphatic hydroxyl groups is 1. The van der Waals surface area contributed by atoms with Gasteiger partial charge in [0.1, 0.15) is 11.3 Å². The Morgan fingerprint density at radius 1 is 1.33 bits per heavy atom. The van der Waals surface area contributed by atoms with Crippen LogP contribution in [0.1, 0.15) is 19.8 Å². The fourth-order valence-electron chi connectivity index (χ4n) is 1.29. The molecule has 0 spiro atoms. The van der Waals surface area contributed by atoms with Crippen molar-refractivity contribution in [3.8, 4) is 0 Å². The van der Waals surface area contributed by atoms with Crippen LogP contribution in [-0.2, 0) is 4.79 Å². The fraction of sp³-hybridized carbons (Fsp3) is 0.231. The molecule has 0 fully saturated rings. The Balaban J connectivity index is 2.94. The summed E-state index contributed by atoms with van der Waals surface area (Å²) in [6, 6.07) is 7.11. The molecule has 0 saturated carbocycles.